The fourth-order valence-corrected chi connectivity index (χ4v) is 5.07. The van der Waals surface area contributed by atoms with Crippen LogP contribution in [0.5, 0.6) is 0 Å². The molecule has 1 aromatic rings. The highest BCUT2D eigenvalue weighted by molar-refractivity contribution is 7.91. The molecule has 0 spiro atoms. The third-order valence-electron chi connectivity index (χ3n) is 3.32. The smallest absolute Gasteiger partial charge is 0.317 e. The highest BCUT2D eigenvalue weighted by Crippen LogP contribution is 2.25. The third kappa shape index (κ3) is 3.99. The minimum absolute atomic E-state index is 0.142. The van der Waals surface area contributed by atoms with Crippen molar-refractivity contribution in [2.45, 2.75) is 37.4 Å². The predicted octanol–water partition coefficient (Wildman–Crippen LogP) is 1.87. The summed E-state index contributed by atoms with van der Waals surface area (Å²) in [6.07, 6.45) is 0. The Morgan fingerprint density at radius 1 is 1.18 bits per heavy atom. The quantitative estimate of drug-likeness (QED) is 0.889. The van der Waals surface area contributed by atoms with Gasteiger partial charge in [-0.25, -0.2) is 13.2 Å². The standard InChI is InChI=1S/C14H23N3O3S2/c1-11-5-6-12(21-11)22(19,20)17-9-7-16(8-10-17)13(18)15-14(2,3)4/h5-6H,7-10H2,1-4H3,(H,15,18). The van der Waals surface area contributed by atoms with Gasteiger partial charge in [-0.15, -0.1) is 11.3 Å². The van der Waals surface area contributed by atoms with Crippen LogP contribution in [-0.2, 0) is 10.0 Å². The number of carbonyl (C=O) groups excluding carboxylic acids is 1. The number of nitrogens with zero attached hydrogens (tertiary/aromatic N) is 2. The molecular weight excluding hydrogens is 322 g/mol. The van der Waals surface area contributed by atoms with Crippen molar-refractivity contribution in [2.75, 3.05) is 26.2 Å². The first kappa shape index (κ1) is 17.2. The highest BCUT2D eigenvalue weighted by Gasteiger charge is 2.31. The molecular formula is C14H23N3O3S2. The second kappa shape index (κ2) is 6.17. The Morgan fingerprint density at radius 3 is 2.23 bits per heavy atom. The molecule has 0 unspecified atom stereocenters. The van der Waals surface area contributed by atoms with Crippen LogP contribution in [0.3, 0.4) is 0 Å². The molecule has 0 aromatic carbocycles. The van der Waals surface area contributed by atoms with Crippen molar-refractivity contribution in [1.29, 1.82) is 0 Å². The van der Waals surface area contributed by atoms with Gasteiger partial charge < -0.3 is 10.2 Å². The Bertz CT molecular complexity index is 639. The van der Waals surface area contributed by atoms with E-state index >= 15 is 0 Å². The minimum Gasteiger partial charge on any atom is -0.333 e. The van der Waals surface area contributed by atoms with E-state index in [-0.39, 0.29) is 11.6 Å². The van der Waals surface area contributed by atoms with Crippen molar-refractivity contribution in [1.82, 2.24) is 14.5 Å². The zero-order chi connectivity index (χ0) is 16.5. The maximum atomic E-state index is 12.5. The summed E-state index contributed by atoms with van der Waals surface area (Å²) in [5, 5.41) is 2.90. The topological polar surface area (TPSA) is 69.7 Å². The molecule has 1 N–H and O–H groups in total. The molecule has 2 amide bonds. The number of carbonyl (C=O) groups is 1. The van der Waals surface area contributed by atoms with Gasteiger partial charge in [0.25, 0.3) is 10.0 Å². The number of sulfonamides is 1. The van der Waals surface area contributed by atoms with Crippen LogP contribution in [0, 0.1) is 6.92 Å². The van der Waals surface area contributed by atoms with Crippen LogP contribution in [0.15, 0.2) is 16.3 Å². The first-order valence-electron chi connectivity index (χ1n) is 7.23. The van der Waals surface area contributed by atoms with Crippen LogP contribution >= 0.6 is 11.3 Å². The summed E-state index contributed by atoms with van der Waals surface area (Å²) in [4.78, 5) is 14.7. The fraction of sp³-hybridized carbons (Fsp3) is 0.643. The Labute approximate surface area is 136 Å². The lowest BCUT2D eigenvalue weighted by molar-refractivity contribution is 0.165. The van der Waals surface area contributed by atoms with E-state index in [1.807, 2.05) is 33.8 Å². The molecule has 0 atom stereocenters. The van der Waals surface area contributed by atoms with Crippen molar-refractivity contribution >= 4 is 27.4 Å². The number of thiophene rings is 1. The fourth-order valence-electron chi connectivity index (χ4n) is 2.21. The number of hydrogen-bond acceptors (Lipinski definition) is 4. The summed E-state index contributed by atoms with van der Waals surface area (Å²) >= 11 is 1.28. The van der Waals surface area contributed by atoms with Crippen molar-refractivity contribution < 1.29 is 13.2 Å². The third-order valence-corrected chi connectivity index (χ3v) is 6.68. The number of piperazine rings is 1. The maximum absolute atomic E-state index is 12.5. The van der Waals surface area contributed by atoms with E-state index in [0.717, 1.165) is 4.88 Å². The molecule has 6 nitrogen and oxygen atoms in total. The number of urea groups is 1. The number of hydrogen-bond donors (Lipinski definition) is 1. The van der Waals surface area contributed by atoms with E-state index in [1.165, 1.54) is 15.6 Å². The average molecular weight is 345 g/mol. The summed E-state index contributed by atoms with van der Waals surface area (Å²) in [5.74, 6) is 0. The lowest BCUT2D eigenvalue weighted by Crippen LogP contribution is -2.55. The molecule has 0 saturated carbocycles. The van der Waals surface area contributed by atoms with Gasteiger partial charge in [-0.05, 0) is 39.8 Å². The Morgan fingerprint density at radius 2 is 1.77 bits per heavy atom. The summed E-state index contributed by atoms with van der Waals surface area (Å²) in [6, 6.07) is 3.31. The molecule has 1 aliphatic heterocycles. The van der Waals surface area contributed by atoms with E-state index in [4.69, 9.17) is 0 Å². The second-order valence-electron chi connectivity index (χ2n) is 6.44. The molecule has 0 radical (unpaired) electrons. The molecule has 22 heavy (non-hydrogen) atoms. The molecule has 1 saturated heterocycles. The van der Waals surface area contributed by atoms with Gasteiger partial charge in [-0.1, -0.05) is 0 Å². The zero-order valence-corrected chi connectivity index (χ0v) is 15.1. The lowest BCUT2D eigenvalue weighted by Gasteiger charge is -2.35. The van der Waals surface area contributed by atoms with Gasteiger partial charge in [-0.2, -0.15) is 4.31 Å². The van der Waals surface area contributed by atoms with Gasteiger partial charge in [0, 0.05) is 36.6 Å². The van der Waals surface area contributed by atoms with E-state index in [1.54, 1.807) is 11.0 Å². The van der Waals surface area contributed by atoms with Crippen LogP contribution in [0.2, 0.25) is 0 Å². The minimum atomic E-state index is -3.43. The number of nitrogens with one attached hydrogen (secondary N) is 1. The monoisotopic (exact) mass is 345 g/mol. The van der Waals surface area contributed by atoms with E-state index < -0.39 is 10.0 Å². The van der Waals surface area contributed by atoms with Gasteiger partial charge in [0.15, 0.2) is 0 Å². The Kier molecular flexibility index (Phi) is 4.84. The van der Waals surface area contributed by atoms with Gasteiger partial charge in [0.1, 0.15) is 4.21 Å². The van der Waals surface area contributed by atoms with Gasteiger partial charge in [0.2, 0.25) is 0 Å². The molecule has 8 heteroatoms. The van der Waals surface area contributed by atoms with Crippen LogP contribution < -0.4 is 5.32 Å². The van der Waals surface area contributed by atoms with E-state index in [0.29, 0.717) is 30.4 Å². The molecule has 124 valence electrons. The van der Waals surface area contributed by atoms with Crippen LogP contribution in [0.25, 0.3) is 0 Å². The number of aryl methyl sites for hydroxylation is 1. The maximum Gasteiger partial charge on any atom is 0.317 e. The van der Waals surface area contributed by atoms with Crippen molar-refractivity contribution in [3.63, 3.8) is 0 Å². The Hall–Kier alpha value is -1.12. The van der Waals surface area contributed by atoms with Crippen molar-refractivity contribution in [2.24, 2.45) is 0 Å². The molecule has 1 aromatic heterocycles. The van der Waals surface area contributed by atoms with Gasteiger partial charge >= 0.3 is 6.03 Å². The largest absolute Gasteiger partial charge is 0.333 e. The normalized spacial score (nSPS) is 17.5. The molecule has 2 heterocycles. The zero-order valence-electron chi connectivity index (χ0n) is 13.4. The second-order valence-corrected chi connectivity index (χ2v) is 9.89. The molecule has 1 aliphatic rings. The molecule has 0 aliphatic carbocycles. The Balaban J connectivity index is 1.99. The average Bonchev–Trinajstić information content (AvgIpc) is 2.84. The van der Waals surface area contributed by atoms with Gasteiger partial charge in [0.05, 0.1) is 0 Å². The SMILES string of the molecule is Cc1ccc(S(=O)(=O)N2CCN(C(=O)NC(C)(C)C)CC2)s1. The molecule has 0 bridgehead atoms. The van der Waals surface area contributed by atoms with Gasteiger partial charge in [-0.3, -0.25) is 0 Å². The van der Waals surface area contributed by atoms with Crippen LogP contribution in [0.1, 0.15) is 25.6 Å². The van der Waals surface area contributed by atoms with Crippen LogP contribution in [-0.4, -0.2) is 55.4 Å². The van der Waals surface area contributed by atoms with E-state index in [9.17, 15) is 13.2 Å². The summed E-state index contributed by atoms with van der Waals surface area (Å²) in [7, 11) is -3.43. The first-order chi connectivity index (χ1) is 10.1. The number of rotatable bonds is 2. The highest BCUT2D eigenvalue weighted by atomic mass is 32.2. The first-order valence-corrected chi connectivity index (χ1v) is 9.49. The molecule has 1 fully saturated rings. The summed E-state index contributed by atoms with van der Waals surface area (Å²) in [5.41, 5.74) is -0.297. The number of amides is 2. The van der Waals surface area contributed by atoms with Crippen LogP contribution in [0.4, 0.5) is 4.79 Å². The predicted molar refractivity (Wildman–Crippen MR) is 87.7 cm³/mol. The van der Waals surface area contributed by atoms with E-state index in [2.05, 4.69) is 5.32 Å². The summed E-state index contributed by atoms with van der Waals surface area (Å²) in [6.45, 7) is 9.13. The van der Waals surface area contributed by atoms with Crippen molar-refractivity contribution in [3.05, 3.63) is 17.0 Å². The summed E-state index contributed by atoms with van der Waals surface area (Å²) < 4.78 is 26.9. The molecule has 2 rings (SSSR count). The van der Waals surface area contributed by atoms with Crippen molar-refractivity contribution in [3.8, 4) is 0 Å². The lowest BCUT2D eigenvalue weighted by atomic mass is 10.1.